The molecule has 25 heteroatoms. The average molecular weight is 1530 g/mol. The molecule has 0 amide bonds. The standard InChI is InChI=1S/C88H72O25/c89-76(54-31-11-1-12-32-54)98-51-64-67(104-78(91)56-35-15-3-16-36-56)70(105-79(92)57-37-17-4-18-38-57)73(107-81(94)59-41-21-6-22-42-59)87(101-64)112-72-69-66(53-100-85(110-69)63-49-29-10-30-50-63)102-86(75(72)109-83(96)61-45-25-8-26-46-61)111-68-65(52-99-77(90)55-33-13-2-14-34-55)103-88(113-84(97)62-47-27-9-28-48-62)74(108-82(95)60-43-23-7-24-44-60)71(68)106-80(93)58-39-19-5-20-40-58/h1-50,64-75,85-88H,51-53H2/t64-,65-,66-,67-,68-,69+,70+,71+,72+,73-,74+,75-,85+,86+,87+,88-/m1/s1. The molecule has 4 fully saturated rings. The van der Waals surface area contributed by atoms with Gasteiger partial charge in [-0.1, -0.05) is 194 Å². The number of hydrogen-bond donors (Lipinski definition) is 0. The molecule has 4 heterocycles. The summed E-state index contributed by atoms with van der Waals surface area (Å²) >= 11 is 0. The first-order valence-corrected chi connectivity index (χ1v) is 36.1. The molecule has 16 atom stereocenters. The molecule has 0 spiro atoms. The van der Waals surface area contributed by atoms with E-state index in [0.717, 1.165) is 0 Å². The Balaban J connectivity index is 0.944. The maximum Gasteiger partial charge on any atom is 0.340 e. The molecule has 0 aromatic heterocycles. The van der Waals surface area contributed by atoms with E-state index in [1.165, 1.54) is 109 Å². The SMILES string of the molecule is O=C(OC[C@H]1O[C@H](OC(=O)c2ccccc2)[C@@H](OC(=O)c2ccccc2)[C@@H](OC(=O)c2ccccc2)[C@@H]1O[C@@H]1O[C@@H]2CO[C@H](c3ccccc3)O[C@@H]2[C@H](O[C@@H]2O[C@H](COC(=O)c3ccccc3)[C@@H](OC(=O)c3ccccc3)[C@H](OC(=O)c3ccccc3)[C@H]2OC(=O)c2ccccc2)[C@H]1OC(=O)c1ccccc1)c1ccccc1. The van der Waals surface area contributed by atoms with Crippen molar-refractivity contribution in [2.24, 2.45) is 0 Å². The van der Waals surface area contributed by atoms with Crippen LogP contribution in [0.15, 0.2) is 303 Å². The van der Waals surface area contributed by atoms with Gasteiger partial charge in [-0.3, -0.25) is 0 Å². The number of benzene rings is 10. The second kappa shape index (κ2) is 36.8. The third kappa shape index (κ3) is 19.0. The lowest BCUT2D eigenvalue weighted by atomic mass is 9.94. The zero-order chi connectivity index (χ0) is 78.0. The van der Waals surface area contributed by atoms with Gasteiger partial charge in [0.2, 0.25) is 12.4 Å². The van der Waals surface area contributed by atoms with Gasteiger partial charge < -0.3 is 75.8 Å². The second-order valence-corrected chi connectivity index (χ2v) is 26.1. The molecule has 25 nitrogen and oxygen atoms in total. The molecule has 574 valence electrons. The minimum atomic E-state index is -2.17. The van der Waals surface area contributed by atoms with Crippen LogP contribution in [-0.2, 0) is 75.8 Å². The lowest BCUT2D eigenvalue weighted by Gasteiger charge is -2.52. The average Bonchev–Trinajstić information content (AvgIpc) is 0.750. The van der Waals surface area contributed by atoms with Gasteiger partial charge in [0.05, 0.1) is 56.7 Å². The normalized spacial score (nSPS) is 24.4. The quantitative estimate of drug-likeness (QED) is 0.0379. The number of carbonyl (C=O) groups is 9. The fourth-order valence-corrected chi connectivity index (χ4v) is 13.1. The molecule has 14 rings (SSSR count). The number of esters is 9. The molecule has 113 heavy (non-hydrogen) atoms. The summed E-state index contributed by atoms with van der Waals surface area (Å²) in [6, 6.07) is 78.0. The number of ether oxygens (including phenoxy) is 16. The Morgan fingerprint density at radius 1 is 0.248 bits per heavy atom. The van der Waals surface area contributed by atoms with E-state index >= 15 is 19.2 Å². The molecule has 4 saturated heterocycles. The van der Waals surface area contributed by atoms with Gasteiger partial charge in [0, 0.05) is 5.56 Å². The first-order chi connectivity index (χ1) is 55.3. The van der Waals surface area contributed by atoms with Crippen LogP contribution in [0.25, 0.3) is 0 Å². The number of rotatable bonds is 25. The Kier molecular flexibility index (Phi) is 25.0. The molecule has 4 aliphatic rings. The van der Waals surface area contributed by atoms with Gasteiger partial charge >= 0.3 is 53.7 Å². The van der Waals surface area contributed by atoms with Gasteiger partial charge in [-0.05, 0) is 109 Å². The Bertz CT molecular complexity index is 4870. The largest absolute Gasteiger partial charge is 0.459 e. The lowest BCUT2D eigenvalue weighted by molar-refractivity contribution is -0.403. The molecular weight excluding hydrogens is 1460 g/mol. The van der Waals surface area contributed by atoms with Crippen molar-refractivity contribution in [3.63, 3.8) is 0 Å². The molecule has 0 bridgehead atoms. The third-order valence-corrected chi connectivity index (χ3v) is 18.6. The molecule has 0 saturated carbocycles. The van der Waals surface area contributed by atoms with Crippen LogP contribution in [0.5, 0.6) is 0 Å². The monoisotopic (exact) mass is 1530 g/mol. The van der Waals surface area contributed by atoms with Crippen LogP contribution < -0.4 is 0 Å². The summed E-state index contributed by atoms with van der Waals surface area (Å²) in [6.07, 6.45) is -30.3. The molecule has 10 aromatic rings. The van der Waals surface area contributed by atoms with Crippen LogP contribution in [-0.4, -0.2) is 166 Å². The summed E-state index contributed by atoms with van der Waals surface area (Å²) in [5.41, 5.74) is 0.422. The van der Waals surface area contributed by atoms with Gasteiger partial charge in [-0.25, -0.2) is 43.2 Å². The predicted octanol–water partition coefficient (Wildman–Crippen LogP) is 12.0. The molecule has 4 aliphatic heterocycles. The predicted molar refractivity (Wildman–Crippen MR) is 395 cm³/mol. The Morgan fingerprint density at radius 3 is 0.867 bits per heavy atom. The minimum absolute atomic E-state index is 0.00104. The van der Waals surface area contributed by atoms with Crippen molar-refractivity contribution in [1.29, 1.82) is 0 Å². The third-order valence-electron chi connectivity index (χ3n) is 18.6. The summed E-state index contributed by atoms with van der Waals surface area (Å²) < 4.78 is 106. The van der Waals surface area contributed by atoms with Crippen LogP contribution >= 0.6 is 0 Å². The maximum atomic E-state index is 15.4. The fourth-order valence-electron chi connectivity index (χ4n) is 13.1. The van der Waals surface area contributed by atoms with Crippen LogP contribution in [0.3, 0.4) is 0 Å². The van der Waals surface area contributed by atoms with Crippen molar-refractivity contribution in [3.8, 4) is 0 Å². The molecule has 10 aromatic carbocycles. The molecule has 0 unspecified atom stereocenters. The van der Waals surface area contributed by atoms with Crippen LogP contribution in [0.2, 0.25) is 0 Å². The van der Waals surface area contributed by atoms with E-state index in [-0.39, 0.29) is 50.1 Å². The Labute approximate surface area is 646 Å². The fraction of sp³-hybridized carbons (Fsp3) is 0.216. The summed E-state index contributed by atoms with van der Waals surface area (Å²) in [5.74, 6) is -9.11. The van der Waals surface area contributed by atoms with Crippen molar-refractivity contribution >= 4 is 53.7 Å². The number of carbonyl (C=O) groups excluding carboxylic acids is 9. The van der Waals surface area contributed by atoms with Crippen LogP contribution in [0.1, 0.15) is 105 Å². The summed E-state index contributed by atoms with van der Waals surface area (Å²) in [4.78, 5) is 133. The van der Waals surface area contributed by atoms with Gasteiger partial charge in [0.25, 0.3) is 0 Å². The highest BCUT2D eigenvalue weighted by Crippen LogP contribution is 2.43. The Morgan fingerprint density at radius 2 is 0.504 bits per heavy atom. The van der Waals surface area contributed by atoms with E-state index in [0.29, 0.717) is 5.56 Å². The van der Waals surface area contributed by atoms with Crippen molar-refractivity contribution in [1.82, 2.24) is 0 Å². The zero-order valence-corrected chi connectivity index (χ0v) is 59.9. The molecule has 0 N–H and O–H groups in total. The van der Waals surface area contributed by atoms with Crippen molar-refractivity contribution in [3.05, 3.63) is 359 Å². The molecule has 0 aliphatic carbocycles. The smallest absolute Gasteiger partial charge is 0.340 e. The summed E-state index contributed by atoms with van der Waals surface area (Å²) in [7, 11) is 0. The molecular formula is C88H72O25. The highest BCUT2D eigenvalue weighted by molar-refractivity contribution is 5.94. The van der Waals surface area contributed by atoms with Crippen molar-refractivity contribution in [2.75, 3.05) is 19.8 Å². The topological polar surface area (TPSA) is 301 Å². The van der Waals surface area contributed by atoms with Gasteiger partial charge in [0.15, 0.2) is 49.4 Å². The van der Waals surface area contributed by atoms with Crippen LogP contribution in [0, 0.1) is 0 Å². The first kappa shape index (κ1) is 76.9. The van der Waals surface area contributed by atoms with E-state index in [4.69, 9.17) is 75.8 Å². The Hall–Kier alpha value is -12.9. The minimum Gasteiger partial charge on any atom is -0.459 e. The number of fused-ring (bicyclic) bond motifs is 1. The summed E-state index contributed by atoms with van der Waals surface area (Å²) in [6.45, 7) is -2.06. The highest BCUT2D eigenvalue weighted by Gasteiger charge is 2.62. The van der Waals surface area contributed by atoms with E-state index in [9.17, 15) is 24.0 Å². The molecule has 0 radical (unpaired) electrons. The zero-order valence-electron chi connectivity index (χ0n) is 59.9. The van der Waals surface area contributed by atoms with Gasteiger partial charge in [-0.15, -0.1) is 0 Å². The summed E-state index contributed by atoms with van der Waals surface area (Å²) in [5, 5.41) is 0. The van der Waals surface area contributed by atoms with Gasteiger partial charge in [0.1, 0.15) is 49.8 Å². The van der Waals surface area contributed by atoms with E-state index < -0.39 is 172 Å². The van der Waals surface area contributed by atoms with Gasteiger partial charge in [-0.2, -0.15) is 0 Å². The van der Waals surface area contributed by atoms with Crippen molar-refractivity contribution in [2.45, 2.75) is 98.4 Å². The van der Waals surface area contributed by atoms with Crippen molar-refractivity contribution < 1.29 is 119 Å². The highest BCUT2D eigenvalue weighted by atomic mass is 16.8. The van der Waals surface area contributed by atoms with E-state index in [1.807, 2.05) is 0 Å². The second-order valence-electron chi connectivity index (χ2n) is 26.1. The maximum absolute atomic E-state index is 15.4. The number of hydrogen-bond acceptors (Lipinski definition) is 25. The van der Waals surface area contributed by atoms with E-state index in [2.05, 4.69) is 0 Å². The van der Waals surface area contributed by atoms with Crippen LogP contribution in [0.4, 0.5) is 0 Å². The lowest BCUT2D eigenvalue weighted by Crippen LogP contribution is -2.69. The van der Waals surface area contributed by atoms with E-state index in [1.54, 1.807) is 194 Å². The first-order valence-electron chi connectivity index (χ1n) is 36.1.